The first kappa shape index (κ1) is 34.1. The Morgan fingerprint density at radius 3 is 2.24 bits per heavy atom. The molecule has 1 N–H and O–H groups in total. The van der Waals surface area contributed by atoms with E-state index in [1.165, 1.54) is 32.4 Å². The number of nitrogens with zero attached hydrogens (tertiary/aromatic N) is 7. The predicted octanol–water partition coefficient (Wildman–Crippen LogP) is 4.76. The van der Waals surface area contributed by atoms with Crippen LogP contribution in [-0.4, -0.2) is 85.7 Å². The second-order valence-corrected chi connectivity index (χ2v) is 15.7. The van der Waals surface area contributed by atoms with Crippen molar-refractivity contribution >= 4 is 62.6 Å². The maximum atomic E-state index is 14.6. The Morgan fingerprint density at radius 2 is 1.60 bits per heavy atom. The van der Waals surface area contributed by atoms with Crippen LogP contribution in [0.4, 0.5) is 11.6 Å². The molecule has 0 radical (unpaired) electrons. The minimum Gasteiger partial charge on any atom is -0.481 e. The second kappa shape index (κ2) is 13.1. The van der Waals surface area contributed by atoms with Crippen molar-refractivity contribution in [1.29, 1.82) is 0 Å². The predicted molar refractivity (Wildman–Crippen MR) is 185 cm³/mol. The molecule has 0 bridgehead atoms. The number of carbonyl (C=O) groups is 3. The molecule has 7 rings (SSSR count). The van der Waals surface area contributed by atoms with Crippen molar-refractivity contribution in [3.05, 3.63) is 83.0 Å². The molecule has 3 aliphatic heterocycles. The van der Waals surface area contributed by atoms with Crippen molar-refractivity contribution in [2.75, 3.05) is 24.5 Å². The Kier molecular flexibility index (Phi) is 8.91. The lowest BCUT2D eigenvalue weighted by Crippen LogP contribution is -2.51. The lowest BCUT2D eigenvalue weighted by atomic mass is 9.91. The van der Waals surface area contributed by atoms with Crippen molar-refractivity contribution < 1.29 is 27.9 Å². The number of imidazole rings is 1. The van der Waals surface area contributed by atoms with E-state index in [-0.39, 0.29) is 53.0 Å². The van der Waals surface area contributed by atoms with Gasteiger partial charge in [0.1, 0.15) is 17.9 Å². The smallest absolute Gasteiger partial charge is 0.306 e. The second-order valence-electron chi connectivity index (χ2n) is 13.0. The van der Waals surface area contributed by atoms with Gasteiger partial charge in [-0.05, 0) is 61.9 Å². The van der Waals surface area contributed by atoms with Gasteiger partial charge >= 0.3 is 5.97 Å². The van der Waals surface area contributed by atoms with Crippen molar-refractivity contribution in [2.45, 2.75) is 55.6 Å². The minimum atomic E-state index is -4.38. The highest BCUT2D eigenvalue weighted by Gasteiger charge is 2.53. The molecule has 2 amide bonds. The molecule has 0 spiro atoms. The third kappa shape index (κ3) is 5.93. The number of hydrogen-bond donors (Lipinski definition) is 1. The van der Waals surface area contributed by atoms with Crippen LogP contribution in [0, 0.1) is 5.92 Å². The van der Waals surface area contributed by atoms with Crippen molar-refractivity contribution in [2.24, 2.45) is 5.92 Å². The number of piperidine rings is 1. The fourth-order valence-electron chi connectivity index (χ4n) is 7.23. The molecule has 2 aromatic carbocycles. The van der Waals surface area contributed by atoms with Crippen LogP contribution in [0.15, 0.2) is 72.4 Å². The summed E-state index contributed by atoms with van der Waals surface area (Å²) in [7, 11) is -4.38. The lowest BCUT2D eigenvalue weighted by molar-refractivity contribution is -0.146. The molecule has 50 heavy (non-hydrogen) atoms. The van der Waals surface area contributed by atoms with Gasteiger partial charge in [-0.2, -0.15) is 4.31 Å². The molecule has 2 aromatic heterocycles. The molecule has 2 fully saturated rings. The molecule has 13 nitrogen and oxygen atoms in total. The van der Waals surface area contributed by atoms with Crippen molar-refractivity contribution in [3.8, 4) is 11.1 Å². The van der Waals surface area contributed by atoms with Gasteiger partial charge in [0.05, 0.1) is 17.8 Å². The number of carboxylic acids is 1. The summed E-state index contributed by atoms with van der Waals surface area (Å²) >= 11 is 12.7. The number of hydrogen-bond acceptors (Lipinski definition) is 8. The Bertz CT molecular complexity index is 2070. The Morgan fingerprint density at radius 1 is 0.940 bits per heavy atom. The van der Waals surface area contributed by atoms with Gasteiger partial charge in [0.15, 0.2) is 5.03 Å². The standard InChI is InChI=1S/C34H33Cl2N7O6S/c1-34(16-21-4-6-22(7-5-21)24-17-37-20-38-18-24)32(47)42(27-14-25(35)13-26(36)15-27)33-39-19-29(43(33)34)50(48,49)41-10-2-3-28(41)30(44)40-11-8-23(9-12-40)31(45)46/h4-7,13-15,17-20,23,28H,2-3,8-12,16H2,1H3,(H,45,46)/t28-,34+/m0/s1. The van der Waals surface area contributed by atoms with Gasteiger partial charge in [-0.25, -0.2) is 28.3 Å². The maximum Gasteiger partial charge on any atom is 0.306 e. The Balaban J connectivity index is 1.26. The average molecular weight is 739 g/mol. The number of halogens is 2. The third-order valence-electron chi connectivity index (χ3n) is 9.79. The van der Waals surface area contributed by atoms with E-state index in [2.05, 4.69) is 15.0 Å². The van der Waals surface area contributed by atoms with E-state index in [0.29, 0.717) is 31.4 Å². The Labute approximate surface area is 298 Å². The molecule has 16 heteroatoms. The van der Waals surface area contributed by atoms with E-state index in [1.54, 1.807) is 36.4 Å². The van der Waals surface area contributed by atoms with Crippen molar-refractivity contribution in [1.82, 2.24) is 28.7 Å². The zero-order valence-corrected chi connectivity index (χ0v) is 29.3. The first-order chi connectivity index (χ1) is 23.9. The summed E-state index contributed by atoms with van der Waals surface area (Å²) in [5, 5.41) is 9.74. The molecule has 5 heterocycles. The van der Waals surface area contributed by atoms with E-state index < -0.39 is 39.4 Å². The first-order valence-electron chi connectivity index (χ1n) is 16.1. The number of anilines is 2. The number of aliphatic carboxylic acids is 1. The van der Waals surface area contributed by atoms with Crippen LogP contribution in [0.2, 0.25) is 10.0 Å². The number of carbonyl (C=O) groups excluding carboxylic acids is 2. The number of aromatic nitrogens is 4. The number of fused-ring (bicyclic) bond motifs is 1. The Hall–Kier alpha value is -4.37. The van der Waals surface area contributed by atoms with Crippen LogP contribution in [-0.2, 0) is 36.4 Å². The number of sulfonamides is 1. The quantitative estimate of drug-likeness (QED) is 0.269. The van der Waals surface area contributed by atoms with Crippen LogP contribution in [0.1, 0.15) is 38.2 Å². The summed E-state index contributed by atoms with van der Waals surface area (Å²) in [6.45, 7) is 2.25. The zero-order chi connectivity index (χ0) is 35.4. The summed E-state index contributed by atoms with van der Waals surface area (Å²) in [4.78, 5) is 55.3. The summed E-state index contributed by atoms with van der Waals surface area (Å²) in [6, 6.07) is 11.2. The monoisotopic (exact) mass is 737 g/mol. The van der Waals surface area contributed by atoms with Gasteiger partial charge in [-0.1, -0.05) is 47.5 Å². The minimum absolute atomic E-state index is 0.0743. The number of amides is 2. The van der Waals surface area contributed by atoms with E-state index in [4.69, 9.17) is 23.2 Å². The zero-order valence-electron chi connectivity index (χ0n) is 26.9. The van der Waals surface area contributed by atoms with Crippen LogP contribution in [0.25, 0.3) is 11.1 Å². The lowest BCUT2D eigenvalue weighted by Gasteiger charge is -2.34. The van der Waals surface area contributed by atoms with Gasteiger partial charge in [0, 0.05) is 54.1 Å². The first-order valence-corrected chi connectivity index (χ1v) is 18.3. The molecule has 2 atom stereocenters. The number of benzene rings is 2. The van der Waals surface area contributed by atoms with E-state index in [0.717, 1.165) is 16.7 Å². The molecule has 0 saturated carbocycles. The maximum absolute atomic E-state index is 14.6. The number of rotatable bonds is 8. The fraction of sp³-hybridized carbons (Fsp3) is 0.353. The molecular weight excluding hydrogens is 705 g/mol. The van der Waals surface area contributed by atoms with Crippen molar-refractivity contribution in [3.63, 3.8) is 0 Å². The summed E-state index contributed by atoms with van der Waals surface area (Å²) < 4.78 is 31.9. The molecule has 4 aromatic rings. The number of carboxylic acid groups (broad SMARTS) is 1. The summed E-state index contributed by atoms with van der Waals surface area (Å²) in [5.41, 5.74) is 1.30. The molecular formula is C34H33Cl2N7O6S. The van der Waals surface area contributed by atoms with Crippen LogP contribution < -0.4 is 4.90 Å². The van der Waals surface area contributed by atoms with Gasteiger partial charge in [0.2, 0.25) is 11.9 Å². The summed E-state index contributed by atoms with van der Waals surface area (Å²) in [6.07, 6.45) is 7.57. The van der Waals surface area contributed by atoms with Gasteiger partial charge in [-0.15, -0.1) is 0 Å². The third-order valence-corrected chi connectivity index (χ3v) is 12.1. The van der Waals surface area contributed by atoms with Crippen LogP contribution in [0.5, 0.6) is 0 Å². The van der Waals surface area contributed by atoms with Gasteiger partial charge < -0.3 is 10.0 Å². The molecule has 0 aliphatic carbocycles. The number of likely N-dealkylation sites (tertiary alicyclic amines) is 1. The molecule has 260 valence electrons. The van der Waals surface area contributed by atoms with Gasteiger partial charge in [-0.3, -0.25) is 19.0 Å². The largest absolute Gasteiger partial charge is 0.481 e. The SMILES string of the molecule is C[C@@]1(Cc2ccc(-c3cncnc3)cc2)C(=O)N(c2cc(Cl)cc(Cl)c2)c2ncc(S(=O)(=O)N3CCC[C@H]3C(=O)N3CCC(C(=O)O)CC3)n21. The summed E-state index contributed by atoms with van der Waals surface area (Å²) in [5.74, 6) is -2.15. The fourth-order valence-corrected chi connectivity index (χ4v) is 9.58. The molecule has 2 saturated heterocycles. The molecule has 3 aliphatic rings. The van der Waals surface area contributed by atoms with E-state index in [1.807, 2.05) is 24.3 Å². The van der Waals surface area contributed by atoms with E-state index in [9.17, 15) is 27.9 Å². The van der Waals surface area contributed by atoms with Crippen LogP contribution >= 0.6 is 23.2 Å². The average Bonchev–Trinajstić information content (AvgIpc) is 3.82. The highest BCUT2D eigenvalue weighted by Crippen LogP contribution is 2.45. The highest BCUT2D eigenvalue weighted by molar-refractivity contribution is 7.89. The van der Waals surface area contributed by atoms with E-state index >= 15 is 0 Å². The van der Waals surface area contributed by atoms with Crippen LogP contribution in [0.3, 0.4) is 0 Å². The highest BCUT2D eigenvalue weighted by atomic mass is 35.5. The molecule has 0 unspecified atom stereocenters. The van der Waals surface area contributed by atoms with Gasteiger partial charge in [0.25, 0.3) is 15.9 Å². The topological polar surface area (TPSA) is 159 Å². The normalized spacial score (nSPS) is 21.5.